The Hall–Kier alpha value is -0.610. The topological polar surface area (TPSA) is 28.2 Å². The lowest BCUT2D eigenvalue weighted by molar-refractivity contribution is 0.208. The van der Waals surface area contributed by atoms with E-state index in [1.807, 2.05) is 6.20 Å². The van der Waals surface area contributed by atoms with Gasteiger partial charge in [-0.15, -0.1) is 11.3 Å². The Morgan fingerprint density at radius 1 is 1.41 bits per heavy atom. The first-order valence-corrected chi connectivity index (χ1v) is 7.45. The molecule has 0 radical (unpaired) electrons. The van der Waals surface area contributed by atoms with Crippen LogP contribution in [0, 0.1) is 0 Å². The lowest BCUT2D eigenvalue weighted by atomic mass is 10.2. The van der Waals surface area contributed by atoms with E-state index < -0.39 is 0 Å². The molecule has 1 N–H and O–H groups in total. The van der Waals surface area contributed by atoms with Crippen LogP contribution in [0.15, 0.2) is 6.20 Å². The van der Waals surface area contributed by atoms with Gasteiger partial charge in [-0.3, -0.25) is 4.90 Å². The molecule has 0 aromatic carbocycles. The molecule has 0 saturated carbocycles. The van der Waals surface area contributed by atoms with Crippen molar-refractivity contribution in [3.8, 4) is 0 Å². The van der Waals surface area contributed by atoms with Crippen molar-refractivity contribution in [1.82, 2.24) is 9.88 Å². The highest BCUT2D eigenvalue weighted by Gasteiger charge is 2.12. The molecule has 1 aromatic rings. The summed E-state index contributed by atoms with van der Waals surface area (Å²) < 4.78 is 0. The molecule has 1 rings (SSSR count). The minimum Gasteiger partial charge on any atom is -0.362 e. The van der Waals surface area contributed by atoms with Crippen LogP contribution in [-0.2, 0) is 6.54 Å². The van der Waals surface area contributed by atoms with E-state index in [9.17, 15) is 0 Å². The van der Waals surface area contributed by atoms with Crippen LogP contribution >= 0.6 is 11.3 Å². The fourth-order valence-corrected chi connectivity index (χ4v) is 2.60. The van der Waals surface area contributed by atoms with E-state index in [0.29, 0.717) is 6.04 Å². The molecule has 1 atom stereocenters. The largest absolute Gasteiger partial charge is 0.362 e. The number of rotatable bonds is 8. The number of hydrogen-bond donors (Lipinski definition) is 1. The van der Waals surface area contributed by atoms with Crippen molar-refractivity contribution < 1.29 is 0 Å². The first-order valence-electron chi connectivity index (χ1n) is 6.63. The van der Waals surface area contributed by atoms with Gasteiger partial charge in [-0.2, -0.15) is 0 Å². The molecule has 0 spiro atoms. The zero-order chi connectivity index (χ0) is 12.7. The number of nitrogens with one attached hydrogen (secondary N) is 1. The number of nitrogens with zero attached hydrogens (tertiary/aromatic N) is 2. The predicted octanol–water partition coefficient (Wildman–Crippen LogP) is 3.59. The third kappa shape index (κ3) is 4.64. The Labute approximate surface area is 109 Å². The Kier molecular flexibility index (Phi) is 6.52. The van der Waals surface area contributed by atoms with Gasteiger partial charge in [-0.05, 0) is 26.3 Å². The van der Waals surface area contributed by atoms with Crippen molar-refractivity contribution in [2.45, 2.75) is 53.1 Å². The van der Waals surface area contributed by atoms with E-state index in [2.05, 4.69) is 42.9 Å². The first kappa shape index (κ1) is 14.5. The average molecular weight is 255 g/mol. The van der Waals surface area contributed by atoms with Gasteiger partial charge in [0, 0.05) is 30.2 Å². The standard InChI is InChI=1S/C13H25N3S/c1-5-8-14-13-15-9-12(17-13)10-16(7-3)11(4)6-2/h9,11H,5-8,10H2,1-4H3,(H,14,15). The fourth-order valence-electron chi connectivity index (χ4n) is 1.73. The van der Waals surface area contributed by atoms with Crippen LogP contribution in [0.5, 0.6) is 0 Å². The Balaban J connectivity index is 2.52. The Morgan fingerprint density at radius 2 is 2.18 bits per heavy atom. The van der Waals surface area contributed by atoms with Gasteiger partial charge in [0.2, 0.25) is 0 Å². The third-order valence-electron chi connectivity index (χ3n) is 3.06. The Morgan fingerprint density at radius 3 is 2.76 bits per heavy atom. The maximum atomic E-state index is 4.41. The van der Waals surface area contributed by atoms with E-state index in [1.165, 1.54) is 11.3 Å². The number of aromatic nitrogens is 1. The third-order valence-corrected chi connectivity index (χ3v) is 4.00. The van der Waals surface area contributed by atoms with Gasteiger partial charge in [0.1, 0.15) is 0 Å². The monoisotopic (exact) mass is 255 g/mol. The summed E-state index contributed by atoms with van der Waals surface area (Å²) >= 11 is 1.78. The summed E-state index contributed by atoms with van der Waals surface area (Å²) in [7, 11) is 0. The van der Waals surface area contributed by atoms with Crippen molar-refractivity contribution >= 4 is 16.5 Å². The SMILES string of the molecule is CCCNc1ncc(CN(CC)C(C)CC)s1. The van der Waals surface area contributed by atoms with Crippen LogP contribution in [-0.4, -0.2) is 29.0 Å². The van der Waals surface area contributed by atoms with Crippen molar-refractivity contribution in [3.63, 3.8) is 0 Å². The maximum Gasteiger partial charge on any atom is 0.182 e. The summed E-state index contributed by atoms with van der Waals surface area (Å²) in [5.41, 5.74) is 0. The first-order chi connectivity index (χ1) is 8.21. The molecule has 0 aliphatic carbocycles. The zero-order valence-corrected chi connectivity index (χ0v) is 12.3. The van der Waals surface area contributed by atoms with Gasteiger partial charge >= 0.3 is 0 Å². The van der Waals surface area contributed by atoms with Crippen LogP contribution in [0.3, 0.4) is 0 Å². The second kappa shape index (κ2) is 7.67. The molecule has 0 amide bonds. The van der Waals surface area contributed by atoms with Crippen LogP contribution in [0.25, 0.3) is 0 Å². The van der Waals surface area contributed by atoms with E-state index in [4.69, 9.17) is 0 Å². The summed E-state index contributed by atoms with van der Waals surface area (Å²) in [4.78, 5) is 8.26. The number of thiazole rings is 1. The molecule has 0 aliphatic rings. The molecule has 98 valence electrons. The molecule has 4 heteroatoms. The quantitative estimate of drug-likeness (QED) is 0.769. The van der Waals surface area contributed by atoms with E-state index >= 15 is 0 Å². The summed E-state index contributed by atoms with van der Waals surface area (Å²) in [6.45, 7) is 12.1. The molecule has 1 heterocycles. The van der Waals surface area contributed by atoms with Crippen molar-refractivity contribution in [2.24, 2.45) is 0 Å². The fraction of sp³-hybridized carbons (Fsp3) is 0.769. The van der Waals surface area contributed by atoms with Crippen LogP contribution in [0.4, 0.5) is 5.13 Å². The highest BCUT2D eigenvalue weighted by atomic mass is 32.1. The van der Waals surface area contributed by atoms with Gasteiger partial charge in [0.15, 0.2) is 5.13 Å². The second-order valence-electron chi connectivity index (χ2n) is 4.38. The summed E-state index contributed by atoms with van der Waals surface area (Å²) in [6.07, 6.45) is 4.35. The van der Waals surface area contributed by atoms with Gasteiger partial charge in [0.05, 0.1) is 0 Å². The molecular weight excluding hydrogens is 230 g/mol. The molecule has 0 aliphatic heterocycles. The van der Waals surface area contributed by atoms with E-state index in [-0.39, 0.29) is 0 Å². The zero-order valence-electron chi connectivity index (χ0n) is 11.5. The van der Waals surface area contributed by atoms with Crippen molar-refractivity contribution in [3.05, 3.63) is 11.1 Å². The lowest BCUT2D eigenvalue weighted by Gasteiger charge is -2.25. The second-order valence-corrected chi connectivity index (χ2v) is 5.49. The highest BCUT2D eigenvalue weighted by Crippen LogP contribution is 2.20. The Bertz CT molecular complexity index is 311. The number of anilines is 1. The molecule has 3 nitrogen and oxygen atoms in total. The molecule has 1 aromatic heterocycles. The molecule has 17 heavy (non-hydrogen) atoms. The van der Waals surface area contributed by atoms with Gasteiger partial charge in [-0.1, -0.05) is 20.8 Å². The smallest absolute Gasteiger partial charge is 0.182 e. The molecule has 0 fully saturated rings. The van der Waals surface area contributed by atoms with E-state index in [0.717, 1.165) is 31.2 Å². The van der Waals surface area contributed by atoms with Crippen molar-refractivity contribution in [1.29, 1.82) is 0 Å². The average Bonchev–Trinajstić information content (AvgIpc) is 2.80. The minimum atomic E-state index is 0.647. The molecule has 0 saturated heterocycles. The highest BCUT2D eigenvalue weighted by molar-refractivity contribution is 7.15. The summed E-state index contributed by atoms with van der Waals surface area (Å²) in [5, 5.41) is 4.40. The number of hydrogen-bond acceptors (Lipinski definition) is 4. The van der Waals surface area contributed by atoms with Gasteiger partial charge in [-0.25, -0.2) is 4.98 Å². The normalized spacial score (nSPS) is 13.0. The lowest BCUT2D eigenvalue weighted by Crippen LogP contribution is -2.31. The van der Waals surface area contributed by atoms with Crippen LogP contribution in [0.1, 0.15) is 45.4 Å². The van der Waals surface area contributed by atoms with Gasteiger partial charge < -0.3 is 5.32 Å². The van der Waals surface area contributed by atoms with Crippen LogP contribution in [0.2, 0.25) is 0 Å². The minimum absolute atomic E-state index is 0.647. The van der Waals surface area contributed by atoms with E-state index in [1.54, 1.807) is 11.3 Å². The summed E-state index contributed by atoms with van der Waals surface area (Å²) in [6, 6.07) is 0.647. The molecule has 0 bridgehead atoms. The summed E-state index contributed by atoms with van der Waals surface area (Å²) in [5.74, 6) is 0. The maximum absolute atomic E-state index is 4.41. The predicted molar refractivity (Wildman–Crippen MR) is 76.7 cm³/mol. The van der Waals surface area contributed by atoms with Crippen LogP contribution < -0.4 is 5.32 Å². The molecule has 1 unspecified atom stereocenters. The molecular formula is C13H25N3S. The van der Waals surface area contributed by atoms with Gasteiger partial charge in [0.25, 0.3) is 0 Å². The van der Waals surface area contributed by atoms with Crippen molar-refractivity contribution in [2.75, 3.05) is 18.4 Å².